The van der Waals surface area contributed by atoms with E-state index in [1.807, 2.05) is 42.5 Å². The van der Waals surface area contributed by atoms with Crippen molar-refractivity contribution in [2.45, 2.75) is 5.72 Å². The number of carbonyl (C=O) groups is 1. The van der Waals surface area contributed by atoms with Gasteiger partial charge in [0.05, 0.1) is 7.11 Å². The lowest BCUT2D eigenvalue weighted by atomic mass is 9.93. The predicted octanol–water partition coefficient (Wildman–Crippen LogP) is 3.14. The number of nitrogens with zero attached hydrogens (tertiary/aromatic N) is 1. The predicted molar refractivity (Wildman–Crippen MR) is 83.6 cm³/mol. The second kappa shape index (κ2) is 5.31. The molecule has 4 nitrogen and oxygen atoms in total. The number of ether oxygens (including phenoxy) is 2. The molecule has 1 heterocycles. The Morgan fingerprint density at radius 2 is 1.77 bits per heavy atom. The van der Waals surface area contributed by atoms with E-state index in [2.05, 4.69) is 6.58 Å². The number of benzene rings is 2. The molecule has 0 aliphatic carbocycles. The van der Waals surface area contributed by atoms with Crippen LogP contribution >= 0.6 is 0 Å². The van der Waals surface area contributed by atoms with Crippen LogP contribution in [-0.2, 0) is 10.5 Å². The smallest absolute Gasteiger partial charge is 0.261 e. The van der Waals surface area contributed by atoms with Gasteiger partial charge in [0.2, 0.25) is 5.72 Å². The fourth-order valence-electron chi connectivity index (χ4n) is 3.02. The van der Waals surface area contributed by atoms with Crippen LogP contribution in [0.4, 0.5) is 0 Å². The highest BCUT2D eigenvalue weighted by atomic mass is 16.5. The zero-order valence-corrected chi connectivity index (χ0v) is 12.6. The van der Waals surface area contributed by atoms with Crippen LogP contribution in [0.2, 0.25) is 0 Å². The van der Waals surface area contributed by atoms with Gasteiger partial charge in [-0.3, -0.25) is 9.69 Å². The monoisotopic (exact) mass is 295 g/mol. The normalized spacial score (nSPS) is 19.9. The highest BCUT2D eigenvalue weighted by Crippen LogP contribution is 2.45. The molecule has 2 aromatic rings. The molecule has 3 rings (SSSR count). The van der Waals surface area contributed by atoms with E-state index in [0.29, 0.717) is 5.56 Å². The van der Waals surface area contributed by atoms with Crippen molar-refractivity contribution in [3.05, 3.63) is 78.0 Å². The van der Waals surface area contributed by atoms with Gasteiger partial charge in [-0.1, -0.05) is 36.9 Å². The fourth-order valence-corrected chi connectivity index (χ4v) is 3.02. The van der Waals surface area contributed by atoms with Crippen LogP contribution in [0, 0.1) is 0 Å². The van der Waals surface area contributed by atoms with Gasteiger partial charge in [0, 0.05) is 30.0 Å². The van der Waals surface area contributed by atoms with E-state index < -0.39 is 5.72 Å². The first-order chi connectivity index (χ1) is 10.7. The SMILES string of the molecule is C=CN1C(=O)c2ccccc2C1(OC)c1ccc(OC)cc1. The number of methoxy groups -OCH3 is 2. The van der Waals surface area contributed by atoms with Gasteiger partial charge in [-0.25, -0.2) is 0 Å². The number of carbonyl (C=O) groups excluding carboxylic acids is 1. The topological polar surface area (TPSA) is 38.8 Å². The standard InChI is InChI=1S/C18H17NO3/c1-4-19-17(20)15-7-5-6-8-16(15)18(19,22-3)13-9-11-14(21-2)12-10-13/h4-12H,1H2,2-3H3. The molecule has 1 amide bonds. The molecule has 0 spiro atoms. The Morgan fingerprint density at radius 3 is 2.36 bits per heavy atom. The molecule has 1 unspecified atom stereocenters. The van der Waals surface area contributed by atoms with Gasteiger partial charge in [0.25, 0.3) is 5.91 Å². The van der Waals surface area contributed by atoms with Gasteiger partial charge in [-0.05, 0) is 18.2 Å². The Hall–Kier alpha value is -2.59. The molecular weight excluding hydrogens is 278 g/mol. The first-order valence-corrected chi connectivity index (χ1v) is 6.94. The van der Waals surface area contributed by atoms with Crippen molar-refractivity contribution in [3.63, 3.8) is 0 Å². The number of fused-ring (bicyclic) bond motifs is 1. The molecule has 2 aromatic carbocycles. The summed E-state index contributed by atoms with van der Waals surface area (Å²) in [7, 11) is 3.21. The molecule has 0 bridgehead atoms. The molecule has 1 atom stereocenters. The Morgan fingerprint density at radius 1 is 1.09 bits per heavy atom. The van der Waals surface area contributed by atoms with Crippen molar-refractivity contribution in [1.82, 2.24) is 4.90 Å². The molecular formula is C18H17NO3. The molecule has 0 saturated heterocycles. The van der Waals surface area contributed by atoms with Crippen molar-refractivity contribution in [2.24, 2.45) is 0 Å². The maximum absolute atomic E-state index is 12.6. The second-order valence-corrected chi connectivity index (χ2v) is 4.98. The van der Waals surface area contributed by atoms with Gasteiger partial charge < -0.3 is 9.47 Å². The van der Waals surface area contributed by atoms with Crippen LogP contribution in [0.5, 0.6) is 5.75 Å². The third kappa shape index (κ3) is 1.77. The zero-order valence-electron chi connectivity index (χ0n) is 12.6. The summed E-state index contributed by atoms with van der Waals surface area (Å²) in [5.41, 5.74) is 1.28. The number of amides is 1. The lowest BCUT2D eigenvalue weighted by molar-refractivity contribution is -0.0619. The maximum Gasteiger partial charge on any atom is 0.261 e. The average Bonchev–Trinajstić information content (AvgIpc) is 2.84. The molecule has 0 fully saturated rings. The van der Waals surface area contributed by atoms with Crippen molar-refractivity contribution < 1.29 is 14.3 Å². The second-order valence-electron chi connectivity index (χ2n) is 4.98. The van der Waals surface area contributed by atoms with Gasteiger partial charge in [0.1, 0.15) is 5.75 Å². The maximum atomic E-state index is 12.6. The van der Waals surface area contributed by atoms with Crippen molar-refractivity contribution >= 4 is 5.91 Å². The molecule has 4 heteroatoms. The Labute approximate surface area is 129 Å². The summed E-state index contributed by atoms with van der Waals surface area (Å²) in [5.74, 6) is 0.626. The summed E-state index contributed by atoms with van der Waals surface area (Å²) in [5, 5.41) is 0. The highest BCUT2D eigenvalue weighted by molar-refractivity contribution is 6.01. The molecule has 0 aromatic heterocycles. The molecule has 22 heavy (non-hydrogen) atoms. The number of hydrogen-bond donors (Lipinski definition) is 0. The van der Waals surface area contributed by atoms with E-state index >= 15 is 0 Å². The summed E-state index contributed by atoms with van der Waals surface area (Å²) in [6.45, 7) is 3.78. The molecule has 1 aliphatic heterocycles. The van der Waals surface area contributed by atoms with Crippen molar-refractivity contribution in [2.75, 3.05) is 14.2 Å². The third-order valence-electron chi connectivity index (χ3n) is 4.04. The fraction of sp³-hybridized carbons (Fsp3) is 0.167. The Bertz CT molecular complexity index is 723. The lowest BCUT2D eigenvalue weighted by Gasteiger charge is -2.36. The summed E-state index contributed by atoms with van der Waals surface area (Å²) in [6.07, 6.45) is 1.51. The van der Waals surface area contributed by atoms with Crippen molar-refractivity contribution in [3.8, 4) is 5.75 Å². The molecule has 112 valence electrons. The number of hydrogen-bond acceptors (Lipinski definition) is 3. The van der Waals surface area contributed by atoms with Crippen molar-refractivity contribution in [1.29, 1.82) is 0 Å². The summed E-state index contributed by atoms with van der Waals surface area (Å²) >= 11 is 0. The molecule has 0 N–H and O–H groups in total. The minimum atomic E-state index is -0.998. The Balaban J connectivity index is 2.25. The van der Waals surface area contributed by atoms with Gasteiger partial charge in [-0.15, -0.1) is 0 Å². The van der Waals surface area contributed by atoms with E-state index in [0.717, 1.165) is 16.9 Å². The van der Waals surface area contributed by atoms with E-state index in [4.69, 9.17) is 9.47 Å². The highest BCUT2D eigenvalue weighted by Gasteiger charge is 2.50. The van der Waals surface area contributed by atoms with Crippen LogP contribution in [0.3, 0.4) is 0 Å². The summed E-state index contributed by atoms with van der Waals surface area (Å²) in [6, 6.07) is 14.9. The van der Waals surface area contributed by atoms with E-state index in [-0.39, 0.29) is 5.91 Å². The van der Waals surface area contributed by atoms with E-state index in [1.165, 1.54) is 11.1 Å². The summed E-state index contributed by atoms with van der Waals surface area (Å²) in [4.78, 5) is 14.2. The minimum absolute atomic E-state index is 0.122. The first kappa shape index (κ1) is 14.4. The average molecular weight is 295 g/mol. The van der Waals surface area contributed by atoms with Crippen LogP contribution in [0.25, 0.3) is 0 Å². The quantitative estimate of drug-likeness (QED) is 0.870. The third-order valence-corrected chi connectivity index (χ3v) is 4.04. The van der Waals surface area contributed by atoms with Gasteiger partial charge in [0.15, 0.2) is 0 Å². The van der Waals surface area contributed by atoms with Crippen LogP contribution < -0.4 is 4.74 Å². The molecule has 1 aliphatic rings. The zero-order chi connectivity index (χ0) is 15.7. The van der Waals surface area contributed by atoms with E-state index in [1.54, 1.807) is 20.3 Å². The minimum Gasteiger partial charge on any atom is -0.497 e. The first-order valence-electron chi connectivity index (χ1n) is 6.94. The Kier molecular flexibility index (Phi) is 3.47. The number of rotatable bonds is 4. The lowest BCUT2D eigenvalue weighted by Crippen LogP contribution is -2.42. The van der Waals surface area contributed by atoms with Crippen LogP contribution in [0.15, 0.2) is 61.3 Å². The molecule has 0 saturated carbocycles. The van der Waals surface area contributed by atoms with Gasteiger partial charge in [-0.2, -0.15) is 0 Å². The van der Waals surface area contributed by atoms with Crippen LogP contribution in [0.1, 0.15) is 21.5 Å². The summed E-state index contributed by atoms with van der Waals surface area (Å²) < 4.78 is 11.1. The largest absolute Gasteiger partial charge is 0.497 e. The van der Waals surface area contributed by atoms with Crippen LogP contribution in [-0.4, -0.2) is 25.0 Å². The molecule has 0 radical (unpaired) electrons. The van der Waals surface area contributed by atoms with E-state index in [9.17, 15) is 4.79 Å². The van der Waals surface area contributed by atoms with Gasteiger partial charge >= 0.3 is 0 Å².